The second-order valence-electron chi connectivity index (χ2n) is 17.1. The number of carbonyl (C=O) groups is 3. The van der Waals surface area contributed by atoms with Gasteiger partial charge in [0.25, 0.3) is 0 Å². The maximum Gasteiger partial charge on any atom is 0.306 e. The summed E-state index contributed by atoms with van der Waals surface area (Å²) in [5.74, 6) is 0.807. The molecule has 0 saturated carbocycles. The molecule has 6 nitrogen and oxygen atoms in total. The second-order valence-corrected chi connectivity index (χ2v) is 17.1. The zero-order chi connectivity index (χ0) is 39.7. The second kappa shape index (κ2) is 41.1. The van der Waals surface area contributed by atoms with E-state index in [4.69, 9.17) is 14.2 Å². The first kappa shape index (κ1) is 52.4. The van der Waals surface area contributed by atoms with Crippen LogP contribution in [0.15, 0.2) is 0 Å². The zero-order valence-corrected chi connectivity index (χ0v) is 36.8. The topological polar surface area (TPSA) is 78.9 Å². The van der Waals surface area contributed by atoms with Crippen molar-refractivity contribution in [3.63, 3.8) is 0 Å². The normalized spacial score (nSPS) is 12.6. The lowest BCUT2D eigenvalue weighted by molar-refractivity contribution is -0.167. The van der Waals surface area contributed by atoms with E-state index in [0.29, 0.717) is 19.3 Å². The van der Waals surface area contributed by atoms with Gasteiger partial charge in [-0.15, -0.1) is 0 Å². The number of carbonyl (C=O) groups excluding carboxylic acids is 3. The van der Waals surface area contributed by atoms with E-state index in [-0.39, 0.29) is 31.1 Å². The highest BCUT2D eigenvalue weighted by atomic mass is 16.6. The highest BCUT2D eigenvalue weighted by molar-refractivity contribution is 5.71. The summed E-state index contributed by atoms with van der Waals surface area (Å²) in [7, 11) is 0. The summed E-state index contributed by atoms with van der Waals surface area (Å²) in [6, 6.07) is 0. The maximum atomic E-state index is 12.7. The third-order valence-electron chi connectivity index (χ3n) is 11.1. The van der Waals surface area contributed by atoms with Gasteiger partial charge in [0.2, 0.25) is 0 Å². The van der Waals surface area contributed by atoms with Crippen molar-refractivity contribution in [2.24, 2.45) is 11.8 Å². The number of ether oxygens (including phenoxy) is 3. The van der Waals surface area contributed by atoms with Gasteiger partial charge in [-0.25, -0.2) is 0 Å². The standard InChI is InChI=1S/C48H92O6/c1-6-8-9-10-11-12-13-17-23-28-33-38-46(49)52-41-45(42-53-47(50)39-34-29-24-20-19-21-26-31-36-43(3)4)54-48(51)40-35-30-25-18-15-14-16-22-27-32-37-44(5)7-2/h43-45H,6-42H2,1-5H3/t44?,45-/m1/s1. The van der Waals surface area contributed by atoms with Crippen molar-refractivity contribution in [1.29, 1.82) is 0 Å². The maximum absolute atomic E-state index is 12.7. The quantitative estimate of drug-likeness (QED) is 0.0350. The molecule has 0 bridgehead atoms. The van der Waals surface area contributed by atoms with Gasteiger partial charge in [-0.2, -0.15) is 0 Å². The summed E-state index contributed by atoms with van der Waals surface area (Å²) >= 11 is 0. The lowest BCUT2D eigenvalue weighted by Gasteiger charge is -2.18. The van der Waals surface area contributed by atoms with Crippen molar-refractivity contribution < 1.29 is 28.6 Å². The van der Waals surface area contributed by atoms with Gasteiger partial charge in [0, 0.05) is 19.3 Å². The first-order valence-electron chi connectivity index (χ1n) is 23.8. The Morgan fingerprint density at radius 2 is 0.704 bits per heavy atom. The van der Waals surface area contributed by atoms with E-state index >= 15 is 0 Å². The number of esters is 3. The molecule has 0 rings (SSSR count). The zero-order valence-electron chi connectivity index (χ0n) is 36.8. The average Bonchev–Trinajstić information content (AvgIpc) is 3.15. The molecule has 0 fully saturated rings. The van der Waals surface area contributed by atoms with Gasteiger partial charge in [0.1, 0.15) is 13.2 Å². The lowest BCUT2D eigenvalue weighted by Crippen LogP contribution is -2.30. The van der Waals surface area contributed by atoms with E-state index in [1.807, 2.05) is 0 Å². The van der Waals surface area contributed by atoms with Crippen molar-refractivity contribution in [2.75, 3.05) is 13.2 Å². The van der Waals surface area contributed by atoms with Crippen LogP contribution in [-0.2, 0) is 28.6 Å². The fourth-order valence-corrected chi connectivity index (χ4v) is 7.07. The van der Waals surface area contributed by atoms with Crippen LogP contribution < -0.4 is 0 Å². The SMILES string of the molecule is CCCCCCCCCCCCCC(=O)OC[C@H](COC(=O)CCCCCCCCCCC(C)C)OC(=O)CCCCCCCCCCCCC(C)CC. The third-order valence-corrected chi connectivity index (χ3v) is 11.1. The summed E-state index contributed by atoms with van der Waals surface area (Å²) in [6.07, 6.45) is 39.4. The Morgan fingerprint density at radius 3 is 1.06 bits per heavy atom. The van der Waals surface area contributed by atoms with Crippen molar-refractivity contribution in [2.45, 2.75) is 265 Å². The molecule has 1 unspecified atom stereocenters. The van der Waals surface area contributed by atoms with Crippen LogP contribution in [0.3, 0.4) is 0 Å². The summed E-state index contributed by atoms with van der Waals surface area (Å²) in [5.41, 5.74) is 0. The van der Waals surface area contributed by atoms with E-state index in [9.17, 15) is 14.4 Å². The van der Waals surface area contributed by atoms with Crippen LogP contribution in [0.2, 0.25) is 0 Å². The lowest BCUT2D eigenvalue weighted by atomic mass is 9.99. The fraction of sp³-hybridized carbons (Fsp3) is 0.938. The van der Waals surface area contributed by atoms with Crippen LogP contribution in [-0.4, -0.2) is 37.2 Å². The Balaban J connectivity index is 4.34. The van der Waals surface area contributed by atoms with Crippen molar-refractivity contribution >= 4 is 17.9 Å². The molecule has 0 aromatic rings. The van der Waals surface area contributed by atoms with Crippen molar-refractivity contribution in [3.8, 4) is 0 Å². The van der Waals surface area contributed by atoms with Crippen LogP contribution >= 0.6 is 0 Å². The van der Waals surface area contributed by atoms with Crippen molar-refractivity contribution in [1.82, 2.24) is 0 Å². The molecule has 54 heavy (non-hydrogen) atoms. The molecule has 0 aliphatic carbocycles. The molecule has 0 heterocycles. The summed E-state index contributed by atoms with van der Waals surface area (Å²) in [6.45, 7) is 11.3. The van der Waals surface area contributed by atoms with Gasteiger partial charge in [0.15, 0.2) is 6.10 Å². The molecule has 320 valence electrons. The molecule has 0 N–H and O–H groups in total. The number of hydrogen-bond acceptors (Lipinski definition) is 6. The van der Waals surface area contributed by atoms with E-state index in [1.54, 1.807) is 0 Å². The minimum absolute atomic E-state index is 0.0648. The molecular weight excluding hydrogens is 673 g/mol. The Hall–Kier alpha value is -1.59. The predicted octanol–water partition coefficient (Wildman–Crippen LogP) is 15.0. The molecule has 6 heteroatoms. The summed E-state index contributed by atoms with van der Waals surface area (Å²) < 4.78 is 16.7. The molecule has 0 aromatic carbocycles. The van der Waals surface area contributed by atoms with Gasteiger partial charge >= 0.3 is 17.9 Å². The van der Waals surface area contributed by atoms with Gasteiger partial charge in [-0.05, 0) is 31.1 Å². The van der Waals surface area contributed by atoms with Gasteiger partial charge in [0.05, 0.1) is 0 Å². The monoisotopic (exact) mass is 765 g/mol. The van der Waals surface area contributed by atoms with Crippen molar-refractivity contribution in [3.05, 3.63) is 0 Å². The van der Waals surface area contributed by atoms with Crippen LogP contribution in [0.5, 0.6) is 0 Å². The summed E-state index contributed by atoms with van der Waals surface area (Å²) in [4.78, 5) is 37.8. The Labute approximate surface area is 336 Å². The number of hydrogen-bond donors (Lipinski definition) is 0. The minimum atomic E-state index is -0.761. The minimum Gasteiger partial charge on any atom is -0.462 e. The molecule has 0 aliphatic heterocycles. The molecule has 0 aromatic heterocycles. The molecule has 0 aliphatic rings. The number of rotatable bonds is 42. The number of unbranched alkanes of at least 4 members (excludes halogenated alkanes) is 26. The molecule has 0 amide bonds. The van der Waals surface area contributed by atoms with Crippen LogP contribution in [0.1, 0.15) is 259 Å². The smallest absolute Gasteiger partial charge is 0.306 e. The Morgan fingerprint density at radius 1 is 0.389 bits per heavy atom. The van der Waals surface area contributed by atoms with Gasteiger partial charge < -0.3 is 14.2 Å². The van der Waals surface area contributed by atoms with E-state index in [1.165, 1.54) is 148 Å². The van der Waals surface area contributed by atoms with E-state index < -0.39 is 6.10 Å². The largest absolute Gasteiger partial charge is 0.462 e. The highest BCUT2D eigenvalue weighted by Gasteiger charge is 2.19. The molecule has 0 spiro atoms. The fourth-order valence-electron chi connectivity index (χ4n) is 7.07. The first-order valence-corrected chi connectivity index (χ1v) is 23.8. The highest BCUT2D eigenvalue weighted by Crippen LogP contribution is 2.17. The molecule has 0 saturated heterocycles. The average molecular weight is 765 g/mol. The molecule has 2 atom stereocenters. The molecule has 0 radical (unpaired) electrons. The van der Waals surface area contributed by atoms with E-state index in [2.05, 4.69) is 34.6 Å². The van der Waals surface area contributed by atoms with Crippen LogP contribution in [0.4, 0.5) is 0 Å². The molecular formula is C48H92O6. The van der Waals surface area contributed by atoms with Gasteiger partial charge in [-0.1, -0.05) is 221 Å². The van der Waals surface area contributed by atoms with Crippen LogP contribution in [0, 0.1) is 11.8 Å². The summed E-state index contributed by atoms with van der Waals surface area (Å²) in [5, 5.41) is 0. The Kier molecular flexibility index (Phi) is 39.8. The van der Waals surface area contributed by atoms with E-state index in [0.717, 1.165) is 69.6 Å². The first-order chi connectivity index (χ1) is 26.3. The van der Waals surface area contributed by atoms with Crippen LogP contribution in [0.25, 0.3) is 0 Å². The Bertz CT molecular complexity index is 826. The predicted molar refractivity (Wildman–Crippen MR) is 229 cm³/mol. The van der Waals surface area contributed by atoms with Gasteiger partial charge in [-0.3, -0.25) is 14.4 Å². The third kappa shape index (κ3) is 40.1.